The zero-order valence-corrected chi connectivity index (χ0v) is 17.6. The molecular formula is C19H22FN7O4S. The molecular weight excluding hydrogens is 441 g/mol. The van der Waals surface area contributed by atoms with Crippen molar-refractivity contribution in [1.82, 2.24) is 20.5 Å². The maximum absolute atomic E-state index is 13.4. The van der Waals surface area contributed by atoms with Gasteiger partial charge in [0.05, 0.1) is 5.69 Å². The predicted octanol–water partition coefficient (Wildman–Crippen LogP) is 0.596. The van der Waals surface area contributed by atoms with E-state index in [4.69, 9.17) is 12.4 Å². The van der Waals surface area contributed by atoms with Gasteiger partial charge < -0.3 is 5.73 Å². The number of aromatic nitrogens is 1. The number of hydrogen-bond acceptors (Lipinski definition) is 7. The molecule has 0 fully saturated rings. The lowest BCUT2D eigenvalue weighted by atomic mass is 10.1. The van der Waals surface area contributed by atoms with E-state index in [0.29, 0.717) is 24.1 Å². The van der Waals surface area contributed by atoms with Gasteiger partial charge in [0.15, 0.2) is 6.19 Å². The van der Waals surface area contributed by atoms with Crippen molar-refractivity contribution in [3.63, 3.8) is 0 Å². The van der Waals surface area contributed by atoms with Gasteiger partial charge in [-0.25, -0.2) is 18.3 Å². The molecule has 2 rings (SSSR count). The van der Waals surface area contributed by atoms with Crippen LogP contribution in [0.3, 0.4) is 0 Å². The highest BCUT2D eigenvalue weighted by atomic mass is 32.2. The Morgan fingerprint density at radius 3 is 2.84 bits per heavy atom. The summed E-state index contributed by atoms with van der Waals surface area (Å²) in [6, 6.07) is 7.16. The smallest absolute Gasteiger partial charge is 0.261 e. The van der Waals surface area contributed by atoms with Crippen molar-refractivity contribution in [1.29, 1.82) is 5.26 Å². The molecule has 1 aromatic carbocycles. The standard InChI is InChI=1S/C19H22FN7O4S/c20-14-5-3-4-13(10-14)16-8-7-15(11-24-16)32(30,31)27-17(18(28)26-29)6-1-2-9-23-19(22)25-12-21/h3-5,7-8,10-11,17,27,29H,1-2,6,9H2,(H,26,28)(H3,22,23,25)/t17-/m0/s1/i/hD. The molecule has 1 amide bonds. The van der Waals surface area contributed by atoms with Crippen molar-refractivity contribution in [2.24, 2.45) is 10.7 Å². The van der Waals surface area contributed by atoms with Crippen LogP contribution in [0.4, 0.5) is 4.39 Å². The Morgan fingerprint density at radius 2 is 2.19 bits per heavy atom. The molecule has 6 N–H and O–H groups in total. The van der Waals surface area contributed by atoms with Gasteiger partial charge in [-0.05, 0) is 43.5 Å². The molecule has 1 atom stereocenters. The van der Waals surface area contributed by atoms with Crippen LogP contribution < -0.4 is 21.3 Å². The summed E-state index contributed by atoms with van der Waals surface area (Å²) in [5.41, 5.74) is 8.05. The first-order chi connectivity index (χ1) is 15.8. The number of carbonyl (C=O) groups is 1. The monoisotopic (exact) mass is 464 g/mol. The fourth-order valence-corrected chi connectivity index (χ4v) is 3.86. The van der Waals surface area contributed by atoms with E-state index < -0.39 is 27.8 Å². The average Bonchev–Trinajstić information content (AvgIpc) is 2.78. The second-order valence-corrected chi connectivity index (χ2v) is 8.24. The van der Waals surface area contributed by atoms with E-state index in [1.54, 1.807) is 17.7 Å². The number of nitriles is 1. The lowest BCUT2D eigenvalue weighted by Gasteiger charge is -2.16. The molecule has 0 unspecified atom stereocenters. The number of hydroxylamine groups is 1. The molecule has 0 aliphatic carbocycles. The topological polar surface area (TPSA) is 183 Å². The first-order valence-electron chi connectivity index (χ1n) is 9.79. The van der Waals surface area contributed by atoms with Crippen molar-refractivity contribution >= 4 is 21.9 Å². The number of rotatable bonds is 11. The molecule has 1 heterocycles. The number of carbonyl (C=O) groups excluding carboxylic acids is 1. The normalized spacial score (nSPS) is 13.0. The highest BCUT2D eigenvalue weighted by molar-refractivity contribution is 7.89. The average molecular weight is 465 g/mol. The zero-order valence-electron chi connectivity index (χ0n) is 17.8. The Balaban J connectivity index is 2.07. The van der Waals surface area contributed by atoms with Crippen molar-refractivity contribution in [3.8, 4) is 17.5 Å². The third kappa shape index (κ3) is 7.27. The molecule has 0 aliphatic rings. The third-order valence-corrected chi connectivity index (χ3v) is 5.71. The van der Waals surface area contributed by atoms with E-state index >= 15 is 0 Å². The number of pyridine rings is 1. The summed E-state index contributed by atoms with van der Waals surface area (Å²) in [4.78, 5) is 19.9. The molecule has 0 spiro atoms. The second-order valence-electron chi connectivity index (χ2n) is 6.53. The van der Waals surface area contributed by atoms with Crippen LogP contribution in [0, 0.1) is 17.3 Å². The number of aliphatic imine (C=N–C) groups is 1. The van der Waals surface area contributed by atoms with Gasteiger partial charge in [0.1, 0.15) is 16.8 Å². The molecule has 13 heteroatoms. The first kappa shape index (κ1) is 23.1. The van der Waals surface area contributed by atoms with Crippen LogP contribution in [0.5, 0.6) is 0 Å². The minimum Gasteiger partial charge on any atom is -0.369 e. The Labute approximate surface area is 185 Å². The summed E-state index contributed by atoms with van der Waals surface area (Å²) in [6.07, 6.45) is 3.62. The van der Waals surface area contributed by atoms with Crippen LogP contribution in [0.15, 0.2) is 52.5 Å². The number of nitrogens with zero attached hydrogens (tertiary/aromatic N) is 3. The molecule has 1 aromatic heterocycles. The van der Waals surface area contributed by atoms with Gasteiger partial charge in [0.25, 0.3) is 5.91 Å². The summed E-state index contributed by atoms with van der Waals surface area (Å²) in [6.45, 7) is 0.252. The van der Waals surface area contributed by atoms with Crippen LogP contribution in [0.2, 0.25) is 1.43 Å². The molecule has 11 nitrogen and oxygen atoms in total. The van der Waals surface area contributed by atoms with Crippen LogP contribution >= 0.6 is 0 Å². The number of hydrogen-bond donors (Lipinski definition) is 5. The minimum atomic E-state index is -4.15. The maximum atomic E-state index is 13.4. The van der Waals surface area contributed by atoms with Crippen LogP contribution in [-0.4, -0.2) is 43.1 Å². The lowest BCUT2D eigenvalue weighted by molar-refractivity contribution is -0.131. The molecule has 0 radical (unpaired) electrons. The second kappa shape index (κ2) is 11.7. The van der Waals surface area contributed by atoms with Gasteiger partial charge in [-0.15, -0.1) is 0 Å². The Bertz CT molecular complexity index is 1120. The van der Waals surface area contributed by atoms with Crippen molar-refractivity contribution in [2.45, 2.75) is 30.2 Å². The fraction of sp³-hybridized carbons (Fsp3) is 0.263. The van der Waals surface area contributed by atoms with Gasteiger partial charge in [-0.3, -0.25) is 25.3 Å². The summed E-state index contributed by atoms with van der Waals surface area (Å²) in [7, 11) is -4.15. The van der Waals surface area contributed by atoms with E-state index in [1.807, 2.05) is 0 Å². The number of guanidine groups is 1. The van der Waals surface area contributed by atoms with E-state index in [0.717, 1.165) is 6.20 Å². The van der Waals surface area contributed by atoms with Crippen molar-refractivity contribution in [2.75, 3.05) is 6.54 Å². The molecule has 32 heavy (non-hydrogen) atoms. The lowest BCUT2D eigenvalue weighted by Crippen LogP contribution is -2.45. The van der Waals surface area contributed by atoms with E-state index in [-0.39, 0.29) is 23.8 Å². The van der Waals surface area contributed by atoms with Gasteiger partial charge in [-0.2, -0.15) is 9.98 Å². The Hall–Kier alpha value is -3.60. The van der Waals surface area contributed by atoms with Crippen molar-refractivity contribution in [3.05, 3.63) is 48.4 Å². The van der Waals surface area contributed by atoms with Gasteiger partial charge in [0, 0.05) is 18.3 Å². The zero-order chi connectivity index (χ0) is 24.3. The Kier molecular flexibility index (Phi) is 8.44. The summed E-state index contributed by atoms with van der Waals surface area (Å²) < 4.78 is 47.8. The largest absolute Gasteiger partial charge is 0.369 e. The van der Waals surface area contributed by atoms with Gasteiger partial charge >= 0.3 is 0 Å². The van der Waals surface area contributed by atoms with Crippen molar-refractivity contribution < 1.29 is 24.2 Å². The SMILES string of the molecule is [2H]ONC(=O)[C@H](CCCCN=C(N)NC#N)NS(=O)(=O)c1ccc(-c2cccc(F)c2)nc1. The van der Waals surface area contributed by atoms with Crippen LogP contribution in [0.1, 0.15) is 19.3 Å². The number of benzene rings is 1. The van der Waals surface area contributed by atoms with E-state index in [2.05, 4.69) is 25.2 Å². The summed E-state index contributed by atoms with van der Waals surface area (Å²) in [5.74, 6) is -1.36. The highest BCUT2D eigenvalue weighted by Gasteiger charge is 2.25. The Morgan fingerprint density at radius 1 is 1.38 bits per heavy atom. The molecule has 0 saturated carbocycles. The molecule has 2 aromatic rings. The minimum absolute atomic E-state index is 0.0516. The maximum Gasteiger partial charge on any atom is 0.261 e. The van der Waals surface area contributed by atoms with E-state index in [1.165, 1.54) is 30.3 Å². The number of halogens is 1. The van der Waals surface area contributed by atoms with Crippen LogP contribution in [0.25, 0.3) is 11.3 Å². The fourth-order valence-electron chi connectivity index (χ4n) is 2.68. The molecule has 0 bridgehead atoms. The number of nitrogens with one attached hydrogen (secondary N) is 3. The number of unbranched alkanes of at least 4 members (excludes halogenated alkanes) is 1. The molecule has 0 aliphatic heterocycles. The summed E-state index contributed by atoms with van der Waals surface area (Å²) >= 11 is 0. The number of amides is 1. The van der Waals surface area contributed by atoms with Gasteiger partial charge in [0.2, 0.25) is 17.4 Å². The molecule has 0 saturated heterocycles. The predicted molar refractivity (Wildman–Crippen MR) is 113 cm³/mol. The number of nitrogens with two attached hydrogens (primary N) is 1. The quantitative estimate of drug-likeness (QED) is 0.0609. The number of sulfonamides is 1. The molecule has 170 valence electrons. The van der Waals surface area contributed by atoms with Gasteiger partial charge in [-0.1, -0.05) is 12.1 Å². The third-order valence-electron chi connectivity index (χ3n) is 4.25. The highest BCUT2D eigenvalue weighted by Crippen LogP contribution is 2.19. The van der Waals surface area contributed by atoms with Crippen LogP contribution in [-0.2, 0) is 14.8 Å². The first-order valence-corrected chi connectivity index (χ1v) is 10.9. The summed E-state index contributed by atoms with van der Waals surface area (Å²) in [5, 5.41) is 14.5. The van der Waals surface area contributed by atoms with E-state index in [9.17, 15) is 17.6 Å².